The lowest BCUT2D eigenvalue weighted by Crippen LogP contribution is -2.37. The first-order valence-corrected chi connectivity index (χ1v) is 10.8. The first-order valence-electron chi connectivity index (χ1n) is 10.4. The zero-order valence-electron chi connectivity index (χ0n) is 17.7. The Bertz CT molecular complexity index is 1180. The molecule has 0 spiro atoms. The summed E-state index contributed by atoms with van der Waals surface area (Å²) in [4.78, 5) is 25.8. The van der Waals surface area contributed by atoms with Gasteiger partial charge in [-0.1, -0.05) is 48.5 Å². The van der Waals surface area contributed by atoms with Gasteiger partial charge in [0.05, 0.1) is 18.1 Å². The van der Waals surface area contributed by atoms with Crippen LogP contribution in [0.25, 0.3) is 11.1 Å². The summed E-state index contributed by atoms with van der Waals surface area (Å²) in [6.45, 7) is 2.12. The molecule has 8 nitrogen and oxygen atoms in total. The van der Waals surface area contributed by atoms with Crippen molar-refractivity contribution >= 4 is 40.3 Å². The number of nitrogens with zero attached hydrogens (tertiary/aromatic N) is 2. The normalized spacial score (nSPS) is 13.3. The Morgan fingerprint density at radius 2 is 1.70 bits per heavy atom. The summed E-state index contributed by atoms with van der Waals surface area (Å²) in [5.74, 6) is -0.527. The van der Waals surface area contributed by atoms with Crippen LogP contribution in [0.4, 0.5) is 17.1 Å². The van der Waals surface area contributed by atoms with Gasteiger partial charge in [-0.3, -0.25) is 20.2 Å². The van der Waals surface area contributed by atoms with E-state index in [1.807, 2.05) is 59.5 Å². The fourth-order valence-corrected chi connectivity index (χ4v) is 3.88. The molecule has 1 saturated heterocycles. The smallest absolute Gasteiger partial charge is 0.293 e. The lowest BCUT2D eigenvalue weighted by atomic mass is 10.0. The van der Waals surface area contributed by atoms with Crippen molar-refractivity contribution in [1.29, 1.82) is 0 Å². The van der Waals surface area contributed by atoms with E-state index in [9.17, 15) is 14.9 Å². The summed E-state index contributed by atoms with van der Waals surface area (Å²) in [7, 11) is 0. The number of rotatable bonds is 5. The van der Waals surface area contributed by atoms with Gasteiger partial charge < -0.3 is 15.0 Å². The molecule has 9 heteroatoms. The molecule has 3 aromatic rings. The van der Waals surface area contributed by atoms with Gasteiger partial charge in [0.2, 0.25) is 0 Å². The van der Waals surface area contributed by atoms with E-state index in [0.29, 0.717) is 32.0 Å². The molecule has 3 aromatic carbocycles. The van der Waals surface area contributed by atoms with Crippen molar-refractivity contribution in [2.45, 2.75) is 0 Å². The molecular formula is C24H22N4O4S. The Kier molecular flexibility index (Phi) is 6.92. The number of nitro groups is 1. The van der Waals surface area contributed by atoms with Gasteiger partial charge in [0.25, 0.3) is 11.6 Å². The average molecular weight is 463 g/mol. The van der Waals surface area contributed by atoms with Crippen LogP contribution >= 0.6 is 12.2 Å². The topological polar surface area (TPSA) is 96.7 Å². The van der Waals surface area contributed by atoms with Crippen LogP contribution in [0.1, 0.15) is 10.4 Å². The number of nitrogens with one attached hydrogen (secondary N) is 2. The van der Waals surface area contributed by atoms with Gasteiger partial charge in [0.15, 0.2) is 5.11 Å². The van der Waals surface area contributed by atoms with Crippen LogP contribution in [0, 0.1) is 10.1 Å². The quantitative estimate of drug-likeness (QED) is 0.333. The number of nitro benzene ring substituents is 1. The van der Waals surface area contributed by atoms with E-state index in [-0.39, 0.29) is 16.4 Å². The van der Waals surface area contributed by atoms with Crippen LogP contribution in [0.5, 0.6) is 0 Å². The van der Waals surface area contributed by atoms with E-state index in [4.69, 9.17) is 17.0 Å². The lowest BCUT2D eigenvalue weighted by molar-refractivity contribution is -0.384. The predicted molar refractivity (Wildman–Crippen MR) is 132 cm³/mol. The second kappa shape index (κ2) is 10.2. The molecule has 0 saturated carbocycles. The number of para-hydroxylation sites is 1. The summed E-state index contributed by atoms with van der Waals surface area (Å²) in [5, 5.41) is 17.4. The number of anilines is 2. The molecule has 1 aliphatic rings. The van der Waals surface area contributed by atoms with Gasteiger partial charge in [0.1, 0.15) is 5.69 Å². The molecule has 33 heavy (non-hydrogen) atoms. The third-order valence-corrected chi connectivity index (χ3v) is 5.48. The van der Waals surface area contributed by atoms with Crippen molar-refractivity contribution in [2.75, 3.05) is 36.5 Å². The second-order valence-electron chi connectivity index (χ2n) is 7.38. The molecule has 0 unspecified atom stereocenters. The number of benzene rings is 3. The van der Waals surface area contributed by atoms with Crippen LogP contribution in [0.3, 0.4) is 0 Å². The maximum atomic E-state index is 12.8. The molecular weight excluding hydrogens is 440 g/mol. The third-order valence-electron chi connectivity index (χ3n) is 5.27. The van der Waals surface area contributed by atoms with Gasteiger partial charge in [-0.25, -0.2) is 0 Å². The van der Waals surface area contributed by atoms with Crippen molar-refractivity contribution in [3.05, 3.63) is 88.5 Å². The molecule has 1 aliphatic heterocycles. The van der Waals surface area contributed by atoms with Crippen molar-refractivity contribution < 1.29 is 14.5 Å². The summed E-state index contributed by atoms with van der Waals surface area (Å²) >= 11 is 5.34. The molecule has 1 heterocycles. The Morgan fingerprint density at radius 3 is 2.42 bits per heavy atom. The molecule has 1 fully saturated rings. The van der Waals surface area contributed by atoms with Crippen LogP contribution in [-0.4, -0.2) is 42.2 Å². The number of morpholine rings is 1. The van der Waals surface area contributed by atoms with Crippen molar-refractivity contribution in [3.8, 4) is 11.1 Å². The number of ether oxygens (including phenoxy) is 1. The fourth-order valence-electron chi connectivity index (χ4n) is 3.67. The average Bonchev–Trinajstić information content (AvgIpc) is 2.85. The van der Waals surface area contributed by atoms with Crippen LogP contribution < -0.4 is 15.5 Å². The molecule has 2 N–H and O–H groups in total. The van der Waals surface area contributed by atoms with E-state index >= 15 is 0 Å². The molecule has 0 radical (unpaired) electrons. The van der Waals surface area contributed by atoms with Gasteiger partial charge in [-0.15, -0.1) is 0 Å². The van der Waals surface area contributed by atoms with Crippen LogP contribution in [0.2, 0.25) is 0 Å². The molecule has 4 rings (SSSR count). The number of carbonyl (C=O) groups excluding carboxylic acids is 1. The number of hydrogen-bond acceptors (Lipinski definition) is 6. The molecule has 1 amide bonds. The Labute approximate surface area is 196 Å². The summed E-state index contributed by atoms with van der Waals surface area (Å²) in [6.07, 6.45) is 0. The molecule has 0 aliphatic carbocycles. The first kappa shape index (κ1) is 22.4. The zero-order valence-corrected chi connectivity index (χ0v) is 18.5. The van der Waals surface area contributed by atoms with Crippen molar-refractivity contribution in [3.63, 3.8) is 0 Å². The molecule has 0 bridgehead atoms. The minimum Gasteiger partial charge on any atom is -0.378 e. The Morgan fingerprint density at radius 1 is 1.00 bits per heavy atom. The minimum absolute atomic E-state index is 0.100. The van der Waals surface area contributed by atoms with Gasteiger partial charge in [0, 0.05) is 36.0 Å². The standard InChI is InChI=1S/C24H22N4O4S/c29-23(18-10-11-21(22(16-18)28(30)31)27-12-14-32-15-13-27)26-24(33)25-20-9-5-4-8-19(20)17-6-2-1-3-7-17/h1-11,16H,12-15H2,(H2,25,26,29,33). The van der Waals surface area contributed by atoms with Gasteiger partial charge in [-0.05, 0) is 36.0 Å². The summed E-state index contributed by atoms with van der Waals surface area (Å²) < 4.78 is 5.32. The predicted octanol–water partition coefficient (Wildman–Crippen LogP) is 4.23. The molecule has 0 aromatic heterocycles. The monoisotopic (exact) mass is 462 g/mol. The Hall–Kier alpha value is -3.82. The maximum Gasteiger partial charge on any atom is 0.293 e. The minimum atomic E-state index is -0.527. The molecule has 168 valence electrons. The van der Waals surface area contributed by atoms with E-state index in [1.165, 1.54) is 6.07 Å². The first-order chi connectivity index (χ1) is 16.0. The van der Waals surface area contributed by atoms with Crippen molar-refractivity contribution in [1.82, 2.24) is 5.32 Å². The highest BCUT2D eigenvalue weighted by molar-refractivity contribution is 7.80. The lowest BCUT2D eigenvalue weighted by Gasteiger charge is -2.28. The number of hydrogen-bond donors (Lipinski definition) is 2. The van der Waals surface area contributed by atoms with E-state index < -0.39 is 10.8 Å². The zero-order chi connectivity index (χ0) is 23.2. The molecule has 0 atom stereocenters. The van der Waals surface area contributed by atoms with Gasteiger partial charge in [-0.2, -0.15) is 0 Å². The number of amides is 1. The highest BCUT2D eigenvalue weighted by Gasteiger charge is 2.23. The number of carbonyl (C=O) groups is 1. The third kappa shape index (κ3) is 5.33. The maximum absolute atomic E-state index is 12.8. The van der Waals surface area contributed by atoms with E-state index in [0.717, 1.165) is 16.8 Å². The van der Waals surface area contributed by atoms with Crippen LogP contribution in [0.15, 0.2) is 72.8 Å². The van der Waals surface area contributed by atoms with E-state index in [2.05, 4.69) is 10.6 Å². The Balaban J connectivity index is 1.49. The van der Waals surface area contributed by atoms with Crippen molar-refractivity contribution in [2.24, 2.45) is 0 Å². The van der Waals surface area contributed by atoms with Gasteiger partial charge >= 0.3 is 0 Å². The highest BCUT2D eigenvalue weighted by Crippen LogP contribution is 2.30. The number of thiocarbonyl (C=S) groups is 1. The van der Waals surface area contributed by atoms with Crippen LogP contribution in [-0.2, 0) is 4.74 Å². The SMILES string of the molecule is O=C(NC(=S)Nc1ccccc1-c1ccccc1)c1ccc(N2CCOCC2)c([N+](=O)[O-])c1. The fraction of sp³-hybridized carbons (Fsp3) is 0.167. The largest absolute Gasteiger partial charge is 0.378 e. The second-order valence-corrected chi connectivity index (χ2v) is 7.79. The summed E-state index contributed by atoms with van der Waals surface area (Å²) in [5.41, 5.74) is 3.17. The van der Waals surface area contributed by atoms with E-state index in [1.54, 1.807) is 12.1 Å². The highest BCUT2D eigenvalue weighted by atomic mass is 32.1. The summed E-state index contributed by atoms with van der Waals surface area (Å²) in [6, 6.07) is 21.8.